The molecule has 1 heterocycles. The van der Waals surface area contributed by atoms with Crippen LogP contribution in [0.3, 0.4) is 0 Å². The number of hydrogen-bond acceptors (Lipinski definition) is 5. The van der Waals surface area contributed by atoms with Gasteiger partial charge in [-0.3, -0.25) is 9.59 Å². The van der Waals surface area contributed by atoms with Crippen molar-refractivity contribution in [3.05, 3.63) is 22.7 Å². The van der Waals surface area contributed by atoms with Gasteiger partial charge in [0.15, 0.2) is 5.82 Å². The summed E-state index contributed by atoms with van der Waals surface area (Å²) < 4.78 is 4.84. The van der Waals surface area contributed by atoms with Gasteiger partial charge in [-0.25, -0.2) is 4.98 Å². The van der Waals surface area contributed by atoms with Crippen LogP contribution in [0.15, 0.2) is 17.2 Å². The zero-order valence-corrected chi connectivity index (χ0v) is 8.84. The smallest absolute Gasteiger partial charge is 0.323 e. The Bertz CT molecular complexity index is 404. The van der Waals surface area contributed by atoms with Crippen molar-refractivity contribution in [1.29, 1.82) is 0 Å². The molecule has 1 rings (SSSR count). The van der Waals surface area contributed by atoms with Gasteiger partial charge in [-0.15, -0.1) is 0 Å². The fourth-order valence-corrected chi connectivity index (χ4v) is 1.19. The third-order valence-electron chi connectivity index (χ3n) is 1.88. The van der Waals surface area contributed by atoms with Gasteiger partial charge in [-0.05, 0) is 0 Å². The number of aromatic nitrogens is 2. The fraction of sp³-hybridized carbons (Fsp3) is 0.444. The highest BCUT2D eigenvalue weighted by atomic mass is 16.5. The Balaban J connectivity index is 2.87. The summed E-state index contributed by atoms with van der Waals surface area (Å²) in [6.45, 7) is 0.329. The van der Waals surface area contributed by atoms with E-state index in [1.54, 1.807) is 0 Å². The predicted octanol–water partition coefficient (Wildman–Crippen LogP) is -0.693. The van der Waals surface area contributed by atoms with E-state index in [9.17, 15) is 9.59 Å². The van der Waals surface area contributed by atoms with Gasteiger partial charge in [-0.2, -0.15) is 0 Å². The van der Waals surface area contributed by atoms with Gasteiger partial charge in [-0.1, -0.05) is 0 Å². The number of H-pyrrole nitrogens is 1. The Morgan fingerprint density at radius 2 is 2.44 bits per heavy atom. The molecule has 0 aliphatic heterocycles. The van der Waals surface area contributed by atoms with Crippen LogP contribution in [0, 0.1) is 0 Å². The first kappa shape index (κ1) is 12.2. The van der Waals surface area contributed by atoms with E-state index in [1.807, 2.05) is 0 Å². The topological polar surface area (TPSA) is 95.5 Å². The van der Waals surface area contributed by atoms with E-state index in [2.05, 4.69) is 9.97 Å². The summed E-state index contributed by atoms with van der Waals surface area (Å²) in [5.74, 6) is -0.942. The Kier molecular flexibility index (Phi) is 4.46. The molecule has 2 N–H and O–H groups in total. The Morgan fingerprint density at radius 1 is 1.69 bits per heavy atom. The molecule has 7 nitrogen and oxygen atoms in total. The molecule has 0 aromatic carbocycles. The number of nitrogens with one attached hydrogen (secondary N) is 1. The number of anilines is 1. The van der Waals surface area contributed by atoms with E-state index in [1.165, 1.54) is 24.4 Å². The summed E-state index contributed by atoms with van der Waals surface area (Å²) in [5, 5.41) is 8.71. The molecule has 1 aromatic rings. The van der Waals surface area contributed by atoms with Crippen LogP contribution in [-0.2, 0) is 9.53 Å². The summed E-state index contributed by atoms with van der Waals surface area (Å²) in [4.78, 5) is 29.7. The molecule has 0 saturated heterocycles. The molecule has 7 heteroatoms. The first-order valence-corrected chi connectivity index (χ1v) is 4.64. The van der Waals surface area contributed by atoms with Gasteiger partial charge in [0.25, 0.3) is 5.56 Å². The molecule has 0 aliphatic rings. The SMILES string of the molecule is COCCN(CC(=O)O)c1ncc[nH]c1=O. The van der Waals surface area contributed by atoms with Crippen molar-refractivity contribution in [1.82, 2.24) is 9.97 Å². The third-order valence-corrected chi connectivity index (χ3v) is 1.88. The summed E-state index contributed by atoms with van der Waals surface area (Å²) in [6, 6.07) is 0. The first-order valence-electron chi connectivity index (χ1n) is 4.64. The number of aromatic amines is 1. The maximum absolute atomic E-state index is 11.4. The van der Waals surface area contributed by atoms with Gasteiger partial charge >= 0.3 is 5.97 Å². The predicted molar refractivity (Wildman–Crippen MR) is 56.6 cm³/mol. The second-order valence-electron chi connectivity index (χ2n) is 3.05. The average molecular weight is 227 g/mol. The molecule has 88 valence electrons. The number of rotatable bonds is 6. The number of carboxylic acid groups (broad SMARTS) is 1. The van der Waals surface area contributed by atoms with Crippen molar-refractivity contribution in [2.24, 2.45) is 0 Å². The van der Waals surface area contributed by atoms with Gasteiger partial charge in [0.05, 0.1) is 6.61 Å². The van der Waals surface area contributed by atoms with Crippen molar-refractivity contribution in [2.45, 2.75) is 0 Å². The minimum atomic E-state index is -1.03. The largest absolute Gasteiger partial charge is 0.480 e. The van der Waals surface area contributed by atoms with Gasteiger partial charge in [0.2, 0.25) is 0 Å². The molecular formula is C9H13N3O4. The lowest BCUT2D eigenvalue weighted by Crippen LogP contribution is -2.37. The van der Waals surface area contributed by atoms with Crippen LogP contribution < -0.4 is 10.5 Å². The zero-order chi connectivity index (χ0) is 12.0. The molecule has 1 aromatic heterocycles. The lowest BCUT2D eigenvalue weighted by atomic mass is 10.4. The number of methoxy groups -OCH3 is 1. The molecule has 0 radical (unpaired) electrons. The Hall–Kier alpha value is -1.89. The fourth-order valence-electron chi connectivity index (χ4n) is 1.19. The lowest BCUT2D eigenvalue weighted by molar-refractivity contribution is -0.135. The highest BCUT2D eigenvalue weighted by Crippen LogP contribution is 2.01. The standard InChI is InChI=1S/C9H13N3O4/c1-16-5-4-12(6-7(13)14)8-9(15)11-3-2-10-8/h2-3H,4-6H2,1H3,(H,11,15)(H,13,14). The third kappa shape index (κ3) is 3.35. The summed E-state index contributed by atoms with van der Waals surface area (Å²) in [7, 11) is 1.50. The summed E-state index contributed by atoms with van der Waals surface area (Å²) in [6.07, 6.45) is 2.79. The molecule has 0 unspecified atom stereocenters. The van der Waals surface area contributed by atoms with Gasteiger partial charge in [0, 0.05) is 26.0 Å². The monoisotopic (exact) mass is 227 g/mol. The van der Waals surface area contributed by atoms with Crippen molar-refractivity contribution < 1.29 is 14.6 Å². The molecule has 16 heavy (non-hydrogen) atoms. The number of nitrogens with zero attached hydrogens (tertiary/aromatic N) is 2. The number of carbonyl (C=O) groups is 1. The number of ether oxygens (including phenoxy) is 1. The summed E-state index contributed by atoms with van der Waals surface area (Å²) in [5.41, 5.74) is -0.417. The van der Waals surface area contributed by atoms with Gasteiger partial charge in [0.1, 0.15) is 6.54 Å². The lowest BCUT2D eigenvalue weighted by Gasteiger charge is -2.19. The maximum atomic E-state index is 11.4. The van der Waals surface area contributed by atoms with E-state index in [-0.39, 0.29) is 12.4 Å². The van der Waals surface area contributed by atoms with E-state index in [0.717, 1.165) is 0 Å². The second-order valence-corrected chi connectivity index (χ2v) is 3.05. The quantitative estimate of drug-likeness (QED) is 0.667. The average Bonchev–Trinajstić information content (AvgIpc) is 2.24. The van der Waals surface area contributed by atoms with E-state index in [4.69, 9.17) is 9.84 Å². The normalized spacial score (nSPS) is 10.1. The number of carboxylic acids is 1. The zero-order valence-electron chi connectivity index (χ0n) is 8.84. The Morgan fingerprint density at radius 3 is 3.00 bits per heavy atom. The highest BCUT2D eigenvalue weighted by molar-refractivity contribution is 5.72. The van der Waals surface area contributed by atoms with Crippen LogP contribution in [0.4, 0.5) is 5.82 Å². The molecule has 0 bridgehead atoms. The van der Waals surface area contributed by atoms with Crippen LogP contribution in [0.25, 0.3) is 0 Å². The van der Waals surface area contributed by atoms with E-state index in [0.29, 0.717) is 13.2 Å². The number of aliphatic carboxylic acids is 1. The van der Waals surface area contributed by atoms with Crippen molar-refractivity contribution in [2.75, 3.05) is 31.7 Å². The molecular weight excluding hydrogens is 214 g/mol. The minimum Gasteiger partial charge on any atom is -0.480 e. The van der Waals surface area contributed by atoms with Crippen molar-refractivity contribution >= 4 is 11.8 Å². The van der Waals surface area contributed by atoms with E-state index < -0.39 is 11.5 Å². The van der Waals surface area contributed by atoms with Crippen LogP contribution in [0.1, 0.15) is 0 Å². The molecule has 0 amide bonds. The first-order chi connectivity index (χ1) is 7.65. The molecule has 0 fully saturated rings. The van der Waals surface area contributed by atoms with Gasteiger partial charge < -0.3 is 19.7 Å². The maximum Gasteiger partial charge on any atom is 0.323 e. The second kappa shape index (κ2) is 5.86. The van der Waals surface area contributed by atoms with E-state index >= 15 is 0 Å². The van der Waals surface area contributed by atoms with Crippen molar-refractivity contribution in [3.8, 4) is 0 Å². The summed E-state index contributed by atoms with van der Waals surface area (Å²) >= 11 is 0. The highest BCUT2D eigenvalue weighted by Gasteiger charge is 2.14. The van der Waals surface area contributed by atoms with Crippen LogP contribution in [0.2, 0.25) is 0 Å². The number of hydrogen-bond donors (Lipinski definition) is 2. The minimum absolute atomic E-state index is 0.0851. The molecule has 0 aliphatic carbocycles. The molecule has 0 saturated carbocycles. The van der Waals surface area contributed by atoms with Crippen LogP contribution in [-0.4, -0.2) is 47.8 Å². The van der Waals surface area contributed by atoms with Crippen LogP contribution in [0.5, 0.6) is 0 Å². The van der Waals surface area contributed by atoms with Crippen molar-refractivity contribution in [3.63, 3.8) is 0 Å². The Labute approximate surface area is 91.7 Å². The molecule has 0 atom stereocenters. The van der Waals surface area contributed by atoms with Crippen LogP contribution >= 0.6 is 0 Å². The molecule has 0 spiro atoms.